The van der Waals surface area contributed by atoms with Crippen LogP contribution >= 0.6 is 15.9 Å². The third-order valence-electron chi connectivity index (χ3n) is 3.69. The lowest BCUT2D eigenvalue weighted by Crippen LogP contribution is -2.37. The summed E-state index contributed by atoms with van der Waals surface area (Å²) in [5.41, 5.74) is 2.71. The number of nitrogens with two attached hydrogens (primary N) is 1. The monoisotopic (exact) mass is 348 g/mol. The Labute approximate surface area is 126 Å². The molecule has 0 aliphatic carbocycles. The first-order valence-corrected chi connectivity index (χ1v) is 7.61. The van der Waals surface area contributed by atoms with Crippen LogP contribution in [0.4, 0.5) is 8.78 Å². The quantitative estimate of drug-likeness (QED) is 0.471. The first-order chi connectivity index (χ1) is 9.61. The highest BCUT2D eigenvalue weighted by molar-refractivity contribution is 9.10. The molecule has 1 aromatic rings. The van der Waals surface area contributed by atoms with Crippen molar-refractivity contribution < 1.29 is 13.5 Å². The zero-order valence-electron chi connectivity index (χ0n) is 11.2. The van der Waals surface area contributed by atoms with Crippen molar-refractivity contribution in [1.29, 1.82) is 0 Å². The average molecular weight is 349 g/mol. The number of nitrogens with one attached hydrogen (secondary N) is 1. The van der Waals surface area contributed by atoms with Gasteiger partial charge in [-0.1, -0.05) is 0 Å². The van der Waals surface area contributed by atoms with E-state index in [1.165, 1.54) is 12.1 Å². The average Bonchev–Trinajstić information content (AvgIpc) is 2.96. The molecule has 2 atom stereocenters. The molecule has 3 N–H and O–H groups in total. The molecular formula is C14H19BrF2N2O. The molecule has 1 aliphatic rings. The SMILES string of the molecule is NNC(CCC1CCCO1)Cc1c(F)ccc(Br)c1F. The molecule has 1 aromatic carbocycles. The number of hydrazine groups is 1. The van der Waals surface area contributed by atoms with Gasteiger partial charge in [-0.2, -0.15) is 0 Å². The number of hydrogen-bond donors (Lipinski definition) is 2. The second kappa shape index (κ2) is 7.45. The van der Waals surface area contributed by atoms with Crippen LogP contribution in [0.25, 0.3) is 0 Å². The van der Waals surface area contributed by atoms with Crippen LogP contribution in [0.3, 0.4) is 0 Å². The Morgan fingerprint density at radius 2 is 2.25 bits per heavy atom. The van der Waals surface area contributed by atoms with Gasteiger partial charge in [0.15, 0.2) is 0 Å². The van der Waals surface area contributed by atoms with Gasteiger partial charge in [0, 0.05) is 18.2 Å². The molecule has 2 unspecified atom stereocenters. The molecule has 0 amide bonds. The smallest absolute Gasteiger partial charge is 0.143 e. The first kappa shape index (κ1) is 15.8. The number of ether oxygens (including phenoxy) is 1. The van der Waals surface area contributed by atoms with Crippen LogP contribution in [-0.2, 0) is 11.2 Å². The van der Waals surface area contributed by atoms with Gasteiger partial charge in [-0.05, 0) is 60.2 Å². The molecule has 2 rings (SSSR count). The highest BCUT2D eigenvalue weighted by atomic mass is 79.9. The summed E-state index contributed by atoms with van der Waals surface area (Å²) in [5.74, 6) is 4.40. The molecule has 1 aliphatic heterocycles. The lowest BCUT2D eigenvalue weighted by Gasteiger charge is -2.19. The maximum atomic E-state index is 13.9. The Hall–Kier alpha value is -0.560. The van der Waals surface area contributed by atoms with E-state index in [0.717, 1.165) is 32.3 Å². The minimum atomic E-state index is -0.553. The second-order valence-electron chi connectivity index (χ2n) is 5.10. The van der Waals surface area contributed by atoms with E-state index in [1.54, 1.807) is 0 Å². The summed E-state index contributed by atoms with van der Waals surface area (Å²) in [6.45, 7) is 0.806. The molecular weight excluding hydrogens is 330 g/mol. The van der Waals surface area contributed by atoms with E-state index in [9.17, 15) is 8.78 Å². The summed E-state index contributed by atoms with van der Waals surface area (Å²) in [7, 11) is 0. The van der Waals surface area contributed by atoms with Gasteiger partial charge in [0.25, 0.3) is 0 Å². The van der Waals surface area contributed by atoms with Gasteiger partial charge in [-0.15, -0.1) is 0 Å². The van der Waals surface area contributed by atoms with Crippen molar-refractivity contribution in [3.8, 4) is 0 Å². The van der Waals surface area contributed by atoms with Crippen LogP contribution in [-0.4, -0.2) is 18.8 Å². The predicted octanol–water partition coefficient (Wildman–Crippen LogP) is 3.06. The van der Waals surface area contributed by atoms with Crippen molar-refractivity contribution in [1.82, 2.24) is 5.43 Å². The van der Waals surface area contributed by atoms with Crippen molar-refractivity contribution in [3.63, 3.8) is 0 Å². The van der Waals surface area contributed by atoms with Crippen molar-refractivity contribution in [3.05, 3.63) is 33.8 Å². The van der Waals surface area contributed by atoms with Gasteiger partial charge in [0.05, 0.1) is 10.6 Å². The van der Waals surface area contributed by atoms with Crippen LogP contribution in [0.2, 0.25) is 0 Å². The summed E-state index contributed by atoms with van der Waals surface area (Å²) in [4.78, 5) is 0. The van der Waals surface area contributed by atoms with Gasteiger partial charge in [-0.3, -0.25) is 11.3 Å². The van der Waals surface area contributed by atoms with E-state index in [0.29, 0.717) is 0 Å². The van der Waals surface area contributed by atoms with Crippen LogP contribution in [0.15, 0.2) is 16.6 Å². The molecule has 112 valence electrons. The molecule has 0 radical (unpaired) electrons. The van der Waals surface area contributed by atoms with Gasteiger partial charge in [-0.25, -0.2) is 8.78 Å². The molecule has 6 heteroatoms. The third kappa shape index (κ3) is 3.97. The molecule has 3 nitrogen and oxygen atoms in total. The van der Waals surface area contributed by atoms with Gasteiger partial charge >= 0.3 is 0 Å². The van der Waals surface area contributed by atoms with Crippen molar-refractivity contribution in [2.45, 2.75) is 44.2 Å². The van der Waals surface area contributed by atoms with E-state index in [4.69, 9.17) is 10.6 Å². The van der Waals surface area contributed by atoms with Crippen LogP contribution in [0, 0.1) is 11.6 Å². The minimum absolute atomic E-state index is 0.0645. The van der Waals surface area contributed by atoms with Crippen molar-refractivity contribution >= 4 is 15.9 Å². The third-order valence-corrected chi connectivity index (χ3v) is 4.30. The number of halogens is 3. The Morgan fingerprint density at radius 1 is 1.45 bits per heavy atom. The normalized spacial score (nSPS) is 20.3. The number of rotatable bonds is 6. The van der Waals surface area contributed by atoms with E-state index < -0.39 is 11.6 Å². The molecule has 1 saturated heterocycles. The van der Waals surface area contributed by atoms with Crippen LogP contribution in [0.1, 0.15) is 31.2 Å². The highest BCUT2D eigenvalue weighted by Crippen LogP contribution is 2.24. The van der Waals surface area contributed by atoms with Gasteiger partial charge < -0.3 is 4.74 Å². The molecule has 1 heterocycles. The molecule has 20 heavy (non-hydrogen) atoms. The molecule has 1 fully saturated rings. The zero-order chi connectivity index (χ0) is 14.5. The van der Waals surface area contributed by atoms with E-state index in [-0.39, 0.29) is 28.6 Å². The fourth-order valence-electron chi connectivity index (χ4n) is 2.51. The maximum Gasteiger partial charge on any atom is 0.143 e. The molecule has 0 aromatic heterocycles. The Morgan fingerprint density at radius 3 is 2.90 bits per heavy atom. The minimum Gasteiger partial charge on any atom is -0.378 e. The summed E-state index contributed by atoms with van der Waals surface area (Å²) in [5, 5.41) is 0. The number of benzene rings is 1. The zero-order valence-corrected chi connectivity index (χ0v) is 12.8. The Kier molecular flexibility index (Phi) is 5.89. The lowest BCUT2D eigenvalue weighted by atomic mass is 9.99. The van der Waals surface area contributed by atoms with Crippen molar-refractivity contribution in [2.24, 2.45) is 5.84 Å². The summed E-state index contributed by atoms with van der Waals surface area (Å²) in [6, 6.07) is 2.46. The Bertz CT molecular complexity index is 453. The first-order valence-electron chi connectivity index (χ1n) is 6.82. The largest absolute Gasteiger partial charge is 0.378 e. The fraction of sp³-hybridized carbons (Fsp3) is 0.571. The van der Waals surface area contributed by atoms with E-state index >= 15 is 0 Å². The summed E-state index contributed by atoms with van der Waals surface area (Å²) >= 11 is 3.07. The fourth-order valence-corrected chi connectivity index (χ4v) is 2.88. The molecule has 0 bridgehead atoms. The Balaban J connectivity index is 1.97. The topological polar surface area (TPSA) is 47.3 Å². The van der Waals surface area contributed by atoms with Gasteiger partial charge in [0.1, 0.15) is 11.6 Å². The van der Waals surface area contributed by atoms with Crippen molar-refractivity contribution in [2.75, 3.05) is 6.61 Å². The maximum absolute atomic E-state index is 13.9. The summed E-state index contributed by atoms with van der Waals surface area (Å²) < 4.78 is 33.4. The summed E-state index contributed by atoms with van der Waals surface area (Å²) in [6.07, 6.45) is 4.19. The van der Waals surface area contributed by atoms with E-state index in [1.807, 2.05) is 0 Å². The predicted molar refractivity (Wildman–Crippen MR) is 77.1 cm³/mol. The lowest BCUT2D eigenvalue weighted by molar-refractivity contribution is 0.0995. The van der Waals surface area contributed by atoms with E-state index in [2.05, 4.69) is 21.4 Å². The highest BCUT2D eigenvalue weighted by Gasteiger charge is 2.20. The van der Waals surface area contributed by atoms with Gasteiger partial charge in [0.2, 0.25) is 0 Å². The van der Waals surface area contributed by atoms with Crippen LogP contribution in [0.5, 0.6) is 0 Å². The van der Waals surface area contributed by atoms with Crippen LogP contribution < -0.4 is 11.3 Å². The standard InChI is InChI=1S/C14H19BrF2N2O/c15-12-5-6-13(16)11(14(12)17)8-9(19-18)3-4-10-2-1-7-20-10/h5-6,9-10,19H,1-4,7-8,18H2. The molecule has 0 saturated carbocycles. The molecule has 0 spiro atoms. The number of hydrogen-bond acceptors (Lipinski definition) is 3. The second-order valence-corrected chi connectivity index (χ2v) is 5.96.